The summed E-state index contributed by atoms with van der Waals surface area (Å²) in [5.41, 5.74) is 7.32. The summed E-state index contributed by atoms with van der Waals surface area (Å²) in [5, 5.41) is 0. The summed E-state index contributed by atoms with van der Waals surface area (Å²) in [6.45, 7) is 3.35. The Bertz CT molecular complexity index is 375. The molecule has 1 heterocycles. The van der Waals surface area contributed by atoms with E-state index in [1.54, 1.807) is 0 Å². The van der Waals surface area contributed by atoms with Crippen molar-refractivity contribution < 1.29 is 9.47 Å². The molecule has 1 aliphatic rings. The molecule has 3 heteroatoms. The molecule has 1 aromatic carbocycles. The Kier molecular flexibility index (Phi) is 4.18. The van der Waals surface area contributed by atoms with Gasteiger partial charge in [-0.2, -0.15) is 0 Å². The predicted octanol–water partition coefficient (Wildman–Crippen LogP) is 2.40. The van der Waals surface area contributed by atoms with Crippen LogP contribution in [0.5, 0.6) is 0 Å². The average molecular weight is 233 g/mol. The fourth-order valence-electron chi connectivity index (χ4n) is 2.05. The summed E-state index contributed by atoms with van der Waals surface area (Å²) in [5.74, 6) is 0.854. The van der Waals surface area contributed by atoms with Crippen molar-refractivity contribution in [2.75, 3.05) is 13.2 Å². The lowest BCUT2D eigenvalue weighted by molar-refractivity contribution is 0.0374. The van der Waals surface area contributed by atoms with Gasteiger partial charge in [0.1, 0.15) is 11.9 Å². The van der Waals surface area contributed by atoms with Crippen LogP contribution in [0.15, 0.2) is 42.2 Å². The fraction of sp³-hybridized carbons (Fsp3) is 0.429. The lowest BCUT2D eigenvalue weighted by Gasteiger charge is -2.24. The third kappa shape index (κ3) is 2.87. The molecule has 2 rings (SSSR count). The van der Waals surface area contributed by atoms with E-state index in [0.29, 0.717) is 6.61 Å². The van der Waals surface area contributed by atoms with E-state index >= 15 is 0 Å². The first-order valence-electron chi connectivity index (χ1n) is 6.08. The second-order valence-corrected chi connectivity index (χ2v) is 4.06. The van der Waals surface area contributed by atoms with E-state index in [9.17, 15) is 0 Å². The average Bonchev–Trinajstić information content (AvgIpc) is 2.90. The van der Waals surface area contributed by atoms with Crippen molar-refractivity contribution in [2.45, 2.75) is 25.5 Å². The van der Waals surface area contributed by atoms with Crippen molar-refractivity contribution in [2.24, 2.45) is 5.73 Å². The van der Waals surface area contributed by atoms with Gasteiger partial charge in [0, 0.05) is 13.0 Å². The van der Waals surface area contributed by atoms with Gasteiger partial charge < -0.3 is 15.2 Å². The predicted molar refractivity (Wildman–Crippen MR) is 67.4 cm³/mol. The minimum absolute atomic E-state index is 0.134. The summed E-state index contributed by atoms with van der Waals surface area (Å²) < 4.78 is 11.3. The molecule has 1 aromatic rings. The van der Waals surface area contributed by atoms with Crippen molar-refractivity contribution in [3.63, 3.8) is 0 Å². The molecule has 2 atom stereocenters. The monoisotopic (exact) mass is 233 g/mol. The molecule has 0 spiro atoms. The maximum atomic E-state index is 6.22. The molecule has 0 fully saturated rings. The molecule has 17 heavy (non-hydrogen) atoms. The molecule has 3 nitrogen and oxygen atoms in total. The molecule has 0 radical (unpaired) electrons. The largest absolute Gasteiger partial charge is 0.496 e. The highest BCUT2D eigenvalue weighted by Crippen LogP contribution is 2.26. The van der Waals surface area contributed by atoms with Crippen LogP contribution in [0.25, 0.3) is 0 Å². The van der Waals surface area contributed by atoms with Crippen LogP contribution < -0.4 is 5.73 Å². The second-order valence-electron chi connectivity index (χ2n) is 4.06. The summed E-state index contributed by atoms with van der Waals surface area (Å²) in [4.78, 5) is 0. The minimum atomic E-state index is -0.222. The lowest BCUT2D eigenvalue weighted by Crippen LogP contribution is -2.32. The van der Waals surface area contributed by atoms with Crippen LogP contribution in [-0.4, -0.2) is 19.3 Å². The smallest absolute Gasteiger partial charge is 0.112 e. The van der Waals surface area contributed by atoms with E-state index < -0.39 is 0 Å². The van der Waals surface area contributed by atoms with Crippen LogP contribution >= 0.6 is 0 Å². The molecule has 92 valence electrons. The Balaban J connectivity index is 2.16. The molecular weight excluding hydrogens is 214 g/mol. The van der Waals surface area contributed by atoms with Gasteiger partial charge >= 0.3 is 0 Å². The zero-order chi connectivity index (χ0) is 12.1. The highest BCUT2D eigenvalue weighted by molar-refractivity contribution is 5.23. The van der Waals surface area contributed by atoms with E-state index in [1.807, 2.05) is 37.3 Å². The summed E-state index contributed by atoms with van der Waals surface area (Å²) >= 11 is 0. The molecule has 0 saturated carbocycles. The molecule has 0 aromatic heterocycles. The Hall–Kier alpha value is -1.32. The van der Waals surface area contributed by atoms with Crippen LogP contribution in [0.4, 0.5) is 0 Å². The first kappa shape index (κ1) is 12.1. The molecular formula is C14H19NO2. The normalized spacial score (nSPS) is 18.4. The van der Waals surface area contributed by atoms with Gasteiger partial charge in [0.05, 0.1) is 12.6 Å². The van der Waals surface area contributed by atoms with Gasteiger partial charge in [-0.05, 0) is 18.6 Å². The van der Waals surface area contributed by atoms with Gasteiger partial charge in [-0.15, -0.1) is 0 Å². The number of hydrogen-bond acceptors (Lipinski definition) is 3. The van der Waals surface area contributed by atoms with Gasteiger partial charge in [-0.1, -0.05) is 30.3 Å². The quantitative estimate of drug-likeness (QED) is 0.849. The van der Waals surface area contributed by atoms with Crippen LogP contribution in [-0.2, 0) is 9.47 Å². The maximum absolute atomic E-state index is 6.22. The Morgan fingerprint density at radius 3 is 2.71 bits per heavy atom. The van der Waals surface area contributed by atoms with E-state index in [2.05, 4.69) is 6.08 Å². The third-order valence-electron chi connectivity index (χ3n) is 2.86. The van der Waals surface area contributed by atoms with Gasteiger partial charge in [0.2, 0.25) is 0 Å². The Labute approximate surface area is 102 Å². The van der Waals surface area contributed by atoms with Crippen LogP contribution in [0.3, 0.4) is 0 Å². The van der Waals surface area contributed by atoms with Crippen molar-refractivity contribution >= 4 is 0 Å². The second kappa shape index (κ2) is 5.84. The highest BCUT2D eigenvalue weighted by atomic mass is 16.5. The SMILES string of the molecule is CCOC(c1ccccc1)C(N)C1=CCCO1. The zero-order valence-corrected chi connectivity index (χ0v) is 10.1. The first-order valence-corrected chi connectivity index (χ1v) is 6.08. The fourth-order valence-corrected chi connectivity index (χ4v) is 2.05. The Morgan fingerprint density at radius 1 is 1.35 bits per heavy atom. The van der Waals surface area contributed by atoms with Gasteiger partial charge in [-0.25, -0.2) is 0 Å². The van der Waals surface area contributed by atoms with E-state index in [4.69, 9.17) is 15.2 Å². The van der Waals surface area contributed by atoms with Gasteiger partial charge in [0.15, 0.2) is 0 Å². The van der Waals surface area contributed by atoms with Crippen molar-refractivity contribution in [3.8, 4) is 0 Å². The number of nitrogens with two attached hydrogens (primary N) is 1. The summed E-state index contributed by atoms with van der Waals surface area (Å²) in [6, 6.07) is 9.84. The van der Waals surface area contributed by atoms with Gasteiger partial charge in [0.25, 0.3) is 0 Å². The number of ether oxygens (including phenoxy) is 2. The summed E-state index contributed by atoms with van der Waals surface area (Å²) in [6.07, 6.45) is 2.86. The van der Waals surface area contributed by atoms with Crippen LogP contribution in [0, 0.1) is 0 Å². The number of rotatable bonds is 5. The standard InChI is InChI=1S/C14H19NO2/c1-2-16-14(11-7-4-3-5-8-11)13(15)12-9-6-10-17-12/h3-5,7-9,13-14H,2,6,10,15H2,1H3. The first-order chi connectivity index (χ1) is 8.33. The molecule has 0 aliphatic carbocycles. The minimum Gasteiger partial charge on any atom is -0.496 e. The van der Waals surface area contributed by atoms with E-state index in [0.717, 1.165) is 24.4 Å². The molecule has 0 amide bonds. The molecule has 2 N–H and O–H groups in total. The van der Waals surface area contributed by atoms with E-state index in [1.165, 1.54) is 0 Å². The lowest BCUT2D eigenvalue weighted by atomic mass is 10.0. The van der Waals surface area contributed by atoms with Gasteiger partial charge in [-0.3, -0.25) is 0 Å². The van der Waals surface area contributed by atoms with Crippen LogP contribution in [0.2, 0.25) is 0 Å². The zero-order valence-electron chi connectivity index (χ0n) is 10.1. The van der Waals surface area contributed by atoms with Crippen molar-refractivity contribution in [1.29, 1.82) is 0 Å². The maximum Gasteiger partial charge on any atom is 0.112 e. The molecule has 1 aliphatic heterocycles. The summed E-state index contributed by atoms with van der Waals surface area (Å²) in [7, 11) is 0. The molecule has 0 bridgehead atoms. The number of hydrogen-bond donors (Lipinski definition) is 1. The van der Waals surface area contributed by atoms with Crippen molar-refractivity contribution in [1.82, 2.24) is 0 Å². The van der Waals surface area contributed by atoms with Crippen LogP contribution in [0.1, 0.15) is 25.0 Å². The number of benzene rings is 1. The van der Waals surface area contributed by atoms with E-state index in [-0.39, 0.29) is 12.1 Å². The highest BCUT2D eigenvalue weighted by Gasteiger charge is 2.26. The molecule has 0 saturated heterocycles. The molecule has 2 unspecified atom stereocenters. The third-order valence-corrected chi connectivity index (χ3v) is 2.86. The Morgan fingerprint density at radius 2 is 2.12 bits per heavy atom. The topological polar surface area (TPSA) is 44.5 Å². The van der Waals surface area contributed by atoms with Crippen molar-refractivity contribution in [3.05, 3.63) is 47.7 Å².